The lowest BCUT2D eigenvalue weighted by Gasteiger charge is -2.21. The number of aliphatic imine (C=N–C) groups is 1. The molecule has 1 aromatic heterocycles. The molecule has 0 aliphatic rings. The molecule has 0 spiro atoms. The van der Waals surface area contributed by atoms with Crippen LogP contribution >= 0.6 is 11.3 Å². The maximum absolute atomic E-state index is 4.21. The molecule has 16 heavy (non-hydrogen) atoms. The Morgan fingerprint density at radius 2 is 2.19 bits per heavy atom. The maximum Gasteiger partial charge on any atom is 0.193 e. The maximum atomic E-state index is 4.21. The van der Waals surface area contributed by atoms with Gasteiger partial charge in [0.1, 0.15) is 0 Å². The molecule has 0 saturated heterocycles. The van der Waals surface area contributed by atoms with E-state index in [1.54, 1.807) is 0 Å². The molecule has 1 aromatic rings. The second-order valence-electron chi connectivity index (χ2n) is 4.20. The summed E-state index contributed by atoms with van der Waals surface area (Å²) in [7, 11) is 5.80. The van der Waals surface area contributed by atoms with Crippen LogP contribution in [0.1, 0.15) is 16.7 Å². The van der Waals surface area contributed by atoms with Crippen molar-refractivity contribution in [3.63, 3.8) is 0 Å². The Morgan fingerprint density at radius 3 is 2.62 bits per heavy atom. The topological polar surface area (TPSA) is 27.6 Å². The predicted molar refractivity (Wildman–Crippen MR) is 72.4 cm³/mol. The zero-order valence-corrected chi connectivity index (χ0v) is 11.6. The van der Waals surface area contributed by atoms with Crippen molar-refractivity contribution in [2.75, 3.05) is 21.1 Å². The van der Waals surface area contributed by atoms with Gasteiger partial charge in [-0.25, -0.2) is 0 Å². The van der Waals surface area contributed by atoms with Crippen LogP contribution in [0, 0.1) is 6.92 Å². The third kappa shape index (κ3) is 3.85. The van der Waals surface area contributed by atoms with E-state index in [9.17, 15) is 0 Å². The van der Waals surface area contributed by atoms with Crippen molar-refractivity contribution in [3.05, 3.63) is 21.9 Å². The molecule has 0 bridgehead atoms. The molecule has 0 aliphatic heterocycles. The van der Waals surface area contributed by atoms with Gasteiger partial charge in [0.15, 0.2) is 5.96 Å². The fourth-order valence-corrected chi connectivity index (χ4v) is 2.58. The van der Waals surface area contributed by atoms with Crippen LogP contribution in [-0.4, -0.2) is 38.0 Å². The number of aryl methyl sites for hydroxylation is 1. The van der Waals surface area contributed by atoms with Crippen molar-refractivity contribution in [2.24, 2.45) is 4.99 Å². The summed E-state index contributed by atoms with van der Waals surface area (Å²) in [5, 5.41) is 3.41. The van der Waals surface area contributed by atoms with E-state index in [-0.39, 0.29) is 0 Å². The Kier molecular flexibility index (Phi) is 4.80. The smallest absolute Gasteiger partial charge is 0.193 e. The van der Waals surface area contributed by atoms with Crippen LogP contribution in [0.4, 0.5) is 0 Å². The van der Waals surface area contributed by atoms with Crippen LogP contribution in [0.25, 0.3) is 0 Å². The van der Waals surface area contributed by atoms with E-state index in [0.29, 0.717) is 6.04 Å². The minimum Gasteiger partial charge on any atom is -0.353 e. The van der Waals surface area contributed by atoms with E-state index in [4.69, 9.17) is 0 Å². The molecule has 1 N–H and O–H groups in total. The van der Waals surface area contributed by atoms with Crippen molar-refractivity contribution in [2.45, 2.75) is 26.3 Å². The van der Waals surface area contributed by atoms with Gasteiger partial charge in [-0.2, -0.15) is 0 Å². The molecule has 4 heteroatoms. The van der Waals surface area contributed by atoms with Gasteiger partial charge in [-0.3, -0.25) is 4.99 Å². The van der Waals surface area contributed by atoms with Gasteiger partial charge in [-0.1, -0.05) is 0 Å². The first-order valence-corrected chi connectivity index (χ1v) is 6.30. The Balaban J connectivity index is 2.50. The minimum absolute atomic E-state index is 0.402. The molecular weight excluding hydrogens is 218 g/mol. The molecule has 1 rings (SSSR count). The summed E-state index contributed by atoms with van der Waals surface area (Å²) in [6, 6.07) is 4.78. The Labute approximate surface area is 102 Å². The molecular formula is C12H21N3S. The number of hydrogen-bond acceptors (Lipinski definition) is 2. The molecule has 1 unspecified atom stereocenters. The van der Waals surface area contributed by atoms with Gasteiger partial charge in [-0.05, 0) is 26.0 Å². The lowest BCUT2D eigenvalue weighted by atomic mass is 10.2. The first kappa shape index (κ1) is 13.0. The second kappa shape index (κ2) is 5.89. The van der Waals surface area contributed by atoms with E-state index in [1.807, 2.05) is 37.4 Å². The molecule has 3 nitrogen and oxygen atoms in total. The van der Waals surface area contributed by atoms with Gasteiger partial charge >= 0.3 is 0 Å². The summed E-state index contributed by atoms with van der Waals surface area (Å²) in [5.41, 5.74) is 0. The van der Waals surface area contributed by atoms with Crippen LogP contribution in [-0.2, 0) is 6.42 Å². The zero-order chi connectivity index (χ0) is 12.1. The van der Waals surface area contributed by atoms with Gasteiger partial charge in [-0.15, -0.1) is 11.3 Å². The van der Waals surface area contributed by atoms with Gasteiger partial charge in [0.25, 0.3) is 0 Å². The molecule has 1 heterocycles. The van der Waals surface area contributed by atoms with E-state index in [2.05, 4.69) is 36.3 Å². The van der Waals surface area contributed by atoms with E-state index < -0.39 is 0 Å². The standard InChI is InChI=1S/C12H21N3S/c1-9(14-12(13-3)15(4)5)8-11-7-6-10(2)16-11/h6-7,9H,8H2,1-5H3,(H,13,14). The lowest BCUT2D eigenvalue weighted by Crippen LogP contribution is -2.42. The van der Waals surface area contributed by atoms with Crippen LogP contribution in [0.2, 0.25) is 0 Å². The molecule has 0 radical (unpaired) electrons. The van der Waals surface area contributed by atoms with Gasteiger partial charge in [0.05, 0.1) is 0 Å². The number of hydrogen-bond donors (Lipinski definition) is 1. The fraction of sp³-hybridized carbons (Fsp3) is 0.583. The number of guanidine groups is 1. The van der Waals surface area contributed by atoms with Crippen molar-refractivity contribution >= 4 is 17.3 Å². The molecule has 0 saturated carbocycles. The highest BCUT2D eigenvalue weighted by atomic mass is 32.1. The van der Waals surface area contributed by atoms with Crippen molar-refractivity contribution < 1.29 is 0 Å². The third-order valence-electron chi connectivity index (χ3n) is 2.31. The first-order chi connectivity index (χ1) is 7.52. The van der Waals surface area contributed by atoms with Crippen molar-refractivity contribution in [1.82, 2.24) is 10.2 Å². The van der Waals surface area contributed by atoms with Crippen LogP contribution < -0.4 is 5.32 Å². The molecule has 0 amide bonds. The van der Waals surface area contributed by atoms with Crippen LogP contribution in [0.5, 0.6) is 0 Å². The van der Waals surface area contributed by atoms with Crippen molar-refractivity contribution in [1.29, 1.82) is 0 Å². The van der Waals surface area contributed by atoms with Gasteiger partial charge in [0.2, 0.25) is 0 Å². The molecule has 0 aromatic carbocycles. The van der Waals surface area contributed by atoms with E-state index in [0.717, 1.165) is 12.4 Å². The summed E-state index contributed by atoms with van der Waals surface area (Å²) in [6.45, 7) is 4.33. The van der Waals surface area contributed by atoms with Gasteiger partial charge in [0, 0.05) is 43.4 Å². The highest BCUT2D eigenvalue weighted by Gasteiger charge is 2.08. The monoisotopic (exact) mass is 239 g/mol. The first-order valence-electron chi connectivity index (χ1n) is 5.49. The predicted octanol–water partition coefficient (Wildman–Crippen LogP) is 2.12. The summed E-state index contributed by atoms with van der Waals surface area (Å²) >= 11 is 1.87. The number of rotatable bonds is 3. The highest BCUT2D eigenvalue weighted by molar-refractivity contribution is 7.11. The number of thiophene rings is 1. The summed E-state index contributed by atoms with van der Waals surface area (Å²) in [5.74, 6) is 0.931. The summed E-state index contributed by atoms with van der Waals surface area (Å²) < 4.78 is 0. The van der Waals surface area contributed by atoms with Crippen molar-refractivity contribution in [3.8, 4) is 0 Å². The van der Waals surface area contributed by atoms with E-state index >= 15 is 0 Å². The minimum atomic E-state index is 0.402. The third-order valence-corrected chi connectivity index (χ3v) is 3.34. The highest BCUT2D eigenvalue weighted by Crippen LogP contribution is 2.16. The SMILES string of the molecule is CN=C(NC(C)Cc1ccc(C)s1)N(C)C. The Hall–Kier alpha value is -1.03. The fourth-order valence-electron chi connectivity index (χ4n) is 1.56. The Bertz CT molecular complexity index is 355. The molecule has 90 valence electrons. The quantitative estimate of drug-likeness (QED) is 0.646. The molecule has 0 fully saturated rings. The van der Waals surface area contributed by atoms with Gasteiger partial charge < -0.3 is 10.2 Å². The van der Waals surface area contributed by atoms with E-state index in [1.165, 1.54) is 9.75 Å². The average molecular weight is 239 g/mol. The molecule has 1 atom stereocenters. The normalized spacial score (nSPS) is 13.7. The van der Waals surface area contributed by atoms with Crippen LogP contribution in [0.3, 0.4) is 0 Å². The molecule has 0 aliphatic carbocycles. The summed E-state index contributed by atoms with van der Waals surface area (Å²) in [6.07, 6.45) is 1.05. The Morgan fingerprint density at radius 1 is 1.50 bits per heavy atom. The summed E-state index contributed by atoms with van der Waals surface area (Å²) in [4.78, 5) is 9.00. The average Bonchev–Trinajstić information content (AvgIpc) is 2.60. The number of nitrogens with zero attached hydrogens (tertiary/aromatic N) is 2. The largest absolute Gasteiger partial charge is 0.353 e. The zero-order valence-electron chi connectivity index (χ0n) is 10.7. The van der Waals surface area contributed by atoms with Crippen LogP contribution in [0.15, 0.2) is 17.1 Å². The second-order valence-corrected chi connectivity index (χ2v) is 5.58. The lowest BCUT2D eigenvalue weighted by molar-refractivity contribution is 0.547. The number of nitrogens with one attached hydrogen (secondary N) is 1.